The van der Waals surface area contributed by atoms with Crippen LogP contribution >= 0.6 is 0 Å². The molecule has 0 unspecified atom stereocenters. The number of aromatic nitrogens is 4. The van der Waals surface area contributed by atoms with Gasteiger partial charge in [-0.2, -0.15) is 0 Å². The fourth-order valence-electron chi connectivity index (χ4n) is 11.6. The number of rotatable bonds is 11. The molecule has 9 rings (SSSR count). The highest BCUT2D eigenvalue weighted by Crippen LogP contribution is 2.53. The third-order valence-corrected chi connectivity index (χ3v) is 15.1. The SMILES string of the molecule is COC(=O)N[C@H](C(=O)N1C[C@@H](C)C[C@H]1c1cnc(-c2ccc(-c3ccc(-c4ccc5nc([C@@H]6C[C@H](C)CN6C(=O)[C@@H](NC(=O)OC)C(C)C)[nH]c5c4)c4c3CC3(CCCC3)C4)cc2)[nH]1)C(C)C. The molecule has 0 bridgehead atoms. The molecule has 3 aromatic carbocycles. The minimum absolute atomic E-state index is 0.109. The summed E-state index contributed by atoms with van der Waals surface area (Å²) in [5, 5.41) is 5.51. The van der Waals surface area contributed by atoms with Crippen LogP contribution in [0.2, 0.25) is 0 Å². The molecular formula is C53H66N8O6. The topological polar surface area (TPSA) is 175 Å². The Morgan fingerprint density at radius 1 is 0.701 bits per heavy atom. The highest BCUT2D eigenvalue weighted by atomic mass is 16.5. The summed E-state index contributed by atoms with van der Waals surface area (Å²) in [5.74, 6) is 1.62. The van der Waals surface area contributed by atoms with E-state index in [-0.39, 0.29) is 47.1 Å². The second-order valence-corrected chi connectivity index (χ2v) is 20.7. The molecule has 67 heavy (non-hydrogen) atoms. The number of hydrogen-bond donors (Lipinski definition) is 4. The number of nitrogens with zero attached hydrogens (tertiary/aromatic N) is 4. The van der Waals surface area contributed by atoms with Crippen LogP contribution in [-0.4, -0.2) is 93.1 Å². The predicted molar refractivity (Wildman–Crippen MR) is 258 cm³/mol. The third-order valence-electron chi connectivity index (χ3n) is 15.1. The highest BCUT2D eigenvalue weighted by molar-refractivity contribution is 5.88. The first kappa shape index (κ1) is 46.0. The van der Waals surface area contributed by atoms with Gasteiger partial charge in [0.2, 0.25) is 11.8 Å². The maximum absolute atomic E-state index is 14.0. The van der Waals surface area contributed by atoms with Crippen molar-refractivity contribution in [2.24, 2.45) is 29.1 Å². The number of likely N-dealkylation sites (tertiary alicyclic amines) is 2. The molecule has 0 radical (unpaired) electrons. The molecule has 1 spiro atoms. The molecule has 2 saturated heterocycles. The van der Waals surface area contributed by atoms with Crippen molar-refractivity contribution in [3.63, 3.8) is 0 Å². The van der Waals surface area contributed by atoms with Crippen LogP contribution in [0, 0.1) is 29.1 Å². The maximum atomic E-state index is 14.0. The molecule has 2 aliphatic heterocycles. The van der Waals surface area contributed by atoms with Gasteiger partial charge < -0.3 is 39.9 Å². The lowest BCUT2D eigenvalue weighted by Gasteiger charge is -2.30. The highest BCUT2D eigenvalue weighted by Gasteiger charge is 2.43. The van der Waals surface area contributed by atoms with E-state index in [4.69, 9.17) is 19.4 Å². The van der Waals surface area contributed by atoms with E-state index in [9.17, 15) is 19.2 Å². The van der Waals surface area contributed by atoms with Crippen LogP contribution in [0.15, 0.2) is 60.8 Å². The summed E-state index contributed by atoms with van der Waals surface area (Å²) in [7, 11) is 2.62. The summed E-state index contributed by atoms with van der Waals surface area (Å²) in [5.41, 5.74) is 11.7. The van der Waals surface area contributed by atoms with Gasteiger partial charge in [-0.3, -0.25) is 9.59 Å². The van der Waals surface area contributed by atoms with Crippen LogP contribution in [0.5, 0.6) is 0 Å². The summed E-state index contributed by atoms with van der Waals surface area (Å²) >= 11 is 0. The van der Waals surface area contributed by atoms with Gasteiger partial charge in [-0.15, -0.1) is 0 Å². The lowest BCUT2D eigenvalue weighted by Crippen LogP contribution is -2.51. The van der Waals surface area contributed by atoms with Crippen LogP contribution in [0.3, 0.4) is 0 Å². The molecule has 5 aromatic rings. The molecule has 354 valence electrons. The number of carbonyl (C=O) groups excluding carboxylic acids is 4. The van der Waals surface area contributed by atoms with Gasteiger partial charge in [-0.1, -0.05) is 96.8 Å². The van der Waals surface area contributed by atoms with E-state index < -0.39 is 24.3 Å². The molecule has 6 atom stereocenters. The van der Waals surface area contributed by atoms with E-state index in [0.29, 0.717) is 19.0 Å². The number of hydrogen-bond acceptors (Lipinski definition) is 8. The molecular weight excluding hydrogens is 845 g/mol. The van der Waals surface area contributed by atoms with Crippen LogP contribution in [0.1, 0.15) is 115 Å². The lowest BCUT2D eigenvalue weighted by molar-refractivity contribution is -0.136. The molecule has 14 heteroatoms. The number of fused-ring (bicyclic) bond motifs is 2. The normalized spacial score (nSPS) is 21.9. The van der Waals surface area contributed by atoms with Crippen LogP contribution in [0.25, 0.3) is 44.7 Å². The Morgan fingerprint density at radius 3 is 1.79 bits per heavy atom. The Balaban J connectivity index is 0.974. The van der Waals surface area contributed by atoms with Gasteiger partial charge in [0.25, 0.3) is 0 Å². The van der Waals surface area contributed by atoms with Crippen molar-refractivity contribution in [2.75, 3.05) is 27.3 Å². The fraction of sp³-hybridized carbons (Fsp3) is 0.509. The number of aromatic amines is 2. The first-order valence-corrected chi connectivity index (χ1v) is 24.3. The minimum Gasteiger partial charge on any atom is -0.453 e. The molecule has 2 aromatic heterocycles. The van der Waals surface area contributed by atoms with Gasteiger partial charge in [0.1, 0.15) is 23.7 Å². The molecule has 1 saturated carbocycles. The van der Waals surface area contributed by atoms with Crippen LogP contribution in [-0.2, 0) is 31.9 Å². The smallest absolute Gasteiger partial charge is 0.407 e. The van der Waals surface area contributed by atoms with E-state index in [1.807, 2.05) is 43.7 Å². The Labute approximate surface area is 393 Å². The Hall–Kier alpha value is -6.18. The van der Waals surface area contributed by atoms with E-state index in [0.717, 1.165) is 65.2 Å². The van der Waals surface area contributed by atoms with Gasteiger partial charge in [0.05, 0.1) is 49.2 Å². The Bertz CT molecular complexity index is 2660. The number of methoxy groups -OCH3 is 2. The Kier molecular flexibility index (Phi) is 12.7. The zero-order valence-electron chi connectivity index (χ0n) is 40.2. The zero-order valence-corrected chi connectivity index (χ0v) is 40.2. The standard InChI is InChI=1S/C53H66N8O6/c1-29(2)45(58-51(64)66-7)49(62)60-27-31(5)21-43(60)42-26-54-47(57-42)34-13-11-33(12-14-34)36-16-17-37(39-25-53(24-38(36)39)19-9-10-20-53)35-15-18-40-41(23-35)56-48(55-40)44-22-32(6)28-61(44)50(63)46(30(3)4)59-52(65)67-8/h11-18,23,26,29-32,43-46H,9-10,19-22,24-25,27-28H2,1-8H3,(H,54,57)(H,55,56)(H,58,64)(H,59,65)/t31-,32-,43-,44-,45-,46-/m0/s1. The monoisotopic (exact) mass is 911 g/mol. The molecule has 2 aliphatic carbocycles. The van der Waals surface area contributed by atoms with Crippen molar-refractivity contribution in [3.8, 4) is 33.6 Å². The van der Waals surface area contributed by atoms with E-state index in [1.165, 1.54) is 67.7 Å². The molecule has 4 amide bonds. The van der Waals surface area contributed by atoms with Crippen molar-refractivity contribution in [2.45, 2.75) is 117 Å². The van der Waals surface area contributed by atoms with E-state index in [1.54, 1.807) is 0 Å². The third kappa shape index (κ3) is 8.91. The molecule has 4 heterocycles. The zero-order chi connectivity index (χ0) is 47.3. The first-order valence-electron chi connectivity index (χ1n) is 24.3. The summed E-state index contributed by atoms with van der Waals surface area (Å²) in [6.07, 6.45) is 9.35. The van der Waals surface area contributed by atoms with Gasteiger partial charge >= 0.3 is 12.2 Å². The number of benzene rings is 3. The number of ether oxygens (including phenoxy) is 2. The van der Waals surface area contributed by atoms with Crippen molar-refractivity contribution >= 4 is 35.0 Å². The maximum Gasteiger partial charge on any atom is 0.407 e. The van der Waals surface area contributed by atoms with Crippen molar-refractivity contribution in [3.05, 3.63) is 83.4 Å². The lowest BCUT2D eigenvalue weighted by atomic mass is 9.82. The van der Waals surface area contributed by atoms with Crippen molar-refractivity contribution in [1.82, 2.24) is 40.4 Å². The predicted octanol–water partition coefficient (Wildman–Crippen LogP) is 9.53. The Morgan fingerprint density at radius 2 is 1.22 bits per heavy atom. The summed E-state index contributed by atoms with van der Waals surface area (Å²) in [6.45, 7) is 13.2. The number of imidazole rings is 2. The van der Waals surface area contributed by atoms with Gasteiger partial charge in [-0.05, 0) is 113 Å². The summed E-state index contributed by atoms with van der Waals surface area (Å²) < 4.78 is 9.68. The first-order chi connectivity index (χ1) is 32.1. The van der Waals surface area contributed by atoms with Gasteiger partial charge in [0.15, 0.2) is 0 Å². The van der Waals surface area contributed by atoms with Gasteiger partial charge in [-0.25, -0.2) is 19.6 Å². The van der Waals surface area contributed by atoms with E-state index in [2.05, 4.69) is 89.0 Å². The molecule has 3 fully saturated rings. The number of carbonyl (C=O) groups is 4. The van der Waals surface area contributed by atoms with Crippen molar-refractivity contribution in [1.29, 1.82) is 0 Å². The number of alkyl carbamates (subject to hydrolysis) is 2. The molecule has 4 N–H and O–H groups in total. The largest absolute Gasteiger partial charge is 0.453 e. The molecule has 14 nitrogen and oxygen atoms in total. The number of nitrogens with one attached hydrogen (secondary N) is 4. The van der Waals surface area contributed by atoms with Crippen molar-refractivity contribution < 1.29 is 28.7 Å². The van der Waals surface area contributed by atoms with Gasteiger partial charge in [0, 0.05) is 18.7 Å². The number of amides is 4. The molecule has 4 aliphatic rings. The second kappa shape index (κ2) is 18.5. The van der Waals surface area contributed by atoms with Crippen LogP contribution in [0.4, 0.5) is 9.59 Å². The average Bonchev–Trinajstić information content (AvgIpc) is 4.19. The number of H-pyrrole nitrogens is 2. The van der Waals surface area contributed by atoms with E-state index >= 15 is 0 Å². The average molecular weight is 911 g/mol. The quantitative estimate of drug-likeness (QED) is 0.101. The minimum atomic E-state index is -0.702. The van der Waals surface area contributed by atoms with Crippen LogP contribution < -0.4 is 10.6 Å². The summed E-state index contributed by atoms with van der Waals surface area (Å²) in [6, 6.07) is 18.0. The fourth-order valence-corrected chi connectivity index (χ4v) is 11.6. The summed E-state index contributed by atoms with van der Waals surface area (Å²) in [4.78, 5) is 73.0. The second-order valence-electron chi connectivity index (χ2n) is 20.7.